The summed E-state index contributed by atoms with van der Waals surface area (Å²) in [6, 6.07) is 22.0. The van der Waals surface area contributed by atoms with Crippen LogP contribution in [0, 0.1) is 0 Å². The molecule has 0 fully saturated rings. The van der Waals surface area contributed by atoms with Crippen LogP contribution in [0.25, 0.3) is 0 Å². The smallest absolute Gasteiger partial charge is 0.387 e. The van der Waals surface area contributed by atoms with Crippen molar-refractivity contribution < 1.29 is 27.0 Å². The van der Waals surface area contributed by atoms with E-state index in [0.29, 0.717) is 5.71 Å². The molecule has 0 unspecified atom stereocenters. The molecule has 0 bridgehead atoms. The first-order chi connectivity index (χ1) is 14.5. The minimum absolute atomic E-state index is 0.126. The van der Waals surface area contributed by atoms with Gasteiger partial charge in [0.15, 0.2) is 0 Å². The third-order valence-electron chi connectivity index (χ3n) is 3.88. The summed E-state index contributed by atoms with van der Waals surface area (Å²) in [5.41, 5.74) is 2.32. The van der Waals surface area contributed by atoms with Crippen LogP contribution in [0.4, 0.5) is 17.6 Å². The van der Waals surface area contributed by atoms with Crippen LogP contribution in [0.5, 0.6) is 11.5 Å². The summed E-state index contributed by atoms with van der Waals surface area (Å²) in [5, 5.41) is 8.24. The molecule has 0 radical (unpaired) electrons. The molecule has 30 heavy (non-hydrogen) atoms. The van der Waals surface area contributed by atoms with Gasteiger partial charge in [0.1, 0.15) is 17.2 Å². The lowest BCUT2D eigenvalue weighted by atomic mass is 10.0. The fourth-order valence-electron chi connectivity index (χ4n) is 2.62. The minimum Gasteiger partial charge on any atom is -0.435 e. The number of hydrogen-bond donors (Lipinski definition) is 0. The highest BCUT2D eigenvalue weighted by atomic mass is 19.3. The molecule has 3 rings (SSSR count). The summed E-state index contributed by atoms with van der Waals surface area (Å²) >= 11 is 0. The van der Waals surface area contributed by atoms with Crippen LogP contribution in [0.2, 0.25) is 0 Å². The molecule has 0 heterocycles. The van der Waals surface area contributed by atoms with E-state index in [4.69, 9.17) is 0 Å². The molecule has 0 N–H and O–H groups in total. The number of ether oxygens (including phenoxy) is 2. The molecular formula is C22H16F4N2O2. The highest BCUT2D eigenvalue weighted by Gasteiger charge is 2.13. The maximum atomic E-state index is 12.7. The molecule has 0 saturated heterocycles. The molecule has 0 aliphatic heterocycles. The van der Waals surface area contributed by atoms with Crippen molar-refractivity contribution in [3.63, 3.8) is 0 Å². The van der Waals surface area contributed by atoms with Gasteiger partial charge in [-0.3, -0.25) is 0 Å². The van der Waals surface area contributed by atoms with Crippen molar-refractivity contribution in [1.29, 1.82) is 0 Å². The number of rotatable bonds is 8. The number of halogens is 4. The monoisotopic (exact) mass is 416 g/mol. The lowest BCUT2D eigenvalue weighted by Gasteiger charge is -2.10. The van der Waals surface area contributed by atoms with Crippen LogP contribution >= 0.6 is 0 Å². The summed E-state index contributed by atoms with van der Waals surface area (Å²) in [7, 11) is 0. The molecule has 0 aliphatic carbocycles. The van der Waals surface area contributed by atoms with Gasteiger partial charge >= 0.3 is 13.2 Å². The van der Waals surface area contributed by atoms with E-state index in [1.165, 1.54) is 18.3 Å². The molecule has 0 amide bonds. The Morgan fingerprint density at radius 3 is 1.83 bits per heavy atom. The minimum atomic E-state index is -3.15. The van der Waals surface area contributed by atoms with E-state index in [0.717, 1.165) is 17.2 Å². The second-order valence-electron chi connectivity index (χ2n) is 5.88. The van der Waals surface area contributed by atoms with Crippen molar-refractivity contribution in [2.24, 2.45) is 10.2 Å². The van der Waals surface area contributed by atoms with Gasteiger partial charge in [-0.25, -0.2) is 0 Å². The van der Waals surface area contributed by atoms with Gasteiger partial charge in [0.25, 0.3) is 0 Å². The average molecular weight is 416 g/mol. The van der Waals surface area contributed by atoms with Crippen molar-refractivity contribution in [2.45, 2.75) is 13.2 Å². The van der Waals surface area contributed by atoms with E-state index in [1.807, 2.05) is 60.7 Å². The molecular weight excluding hydrogens is 400 g/mol. The summed E-state index contributed by atoms with van der Waals surface area (Å²) in [6.45, 7) is -6.24. The van der Waals surface area contributed by atoms with E-state index >= 15 is 0 Å². The Balaban J connectivity index is 1.94. The molecule has 0 aliphatic rings. The number of alkyl halides is 4. The number of benzene rings is 3. The van der Waals surface area contributed by atoms with Gasteiger partial charge in [-0.05, 0) is 12.1 Å². The lowest BCUT2D eigenvalue weighted by molar-refractivity contribution is -0.0543. The van der Waals surface area contributed by atoms with Crippen molar-refractivity contribution in [3.8, 4) is 11.5 Å². The summed E-state index contributed by atoms with van der Waals surface area (Å²) < 4.78 is 58.8. The average Bonchev–Trinajstić information content (AvgIpc) is 2.73. The topological polar surface area (TPSA) is 43.2 Å². The predicted octanol–water partition coefficient (Wildman–Crippen LogP) is 5.76. The fourth-order valence-corrected chi connectivity index (χ4v) is 2.62. The molecule has 8 heteroatoms. The predicted molar refractivity (Wildman–Crippen MR) is 106 cm³/mol. The van der Waals surface area contributed by atoms with Gasteiger partial charge in [0.2, 0.25) is 0 Å². The van der Waals surface area contributed by atoms with Crippen LogP contribution in [-0.4, -0.2) is 25.1 Å². The molecule has 0 spiro atoms. The van der Waals surface area contributed by atoms with Gasteiger partial charge < -0.3 is 9.47 Å². The Morgan fingerprint density at radius 1 is 0.733 bits per heavy atom. The SMILES string of the molecule is FC(F)Oc1ccc(/C=N/N=C(c2ccccc2)c2ccccc2)c(OC(F)F)c1. The van der Waals surface area contributed by atoms with Gasteiger partial charge in [-0.2, -0.15) is 22.7 Å². The molecule has 3 aromatic rings. The zero-order valence-electron chi connectivity index (χ0n) is 15.5. The lowest BCUT2D eigenvalue weighted by Crippen LogP contribution is -2.06. The Hall–Kier alpha value is -3.68. The van der Waals surface area contributed by atoms with E-state index in [1.54, 1.807) is 0 Å². The highest BCUT2D eigenvalue weighted by molar-refractivity contribution is 6.13. The van der Waals surface area contributed by atoms with Crippen molar-refractivity contribution in [2.75, 3.05) is 0 Å². The molecule has 3 aromatic carbocycles. The van der Waals surface area contributed by atoms with Gasteiger partial charge in [-0.15, -0.1) is 5.10 Å². The Labute approximate surface area is 170 Å². The fraction of sp³-hybridized carbons (Fsp3) is 0.0909. The quantitative estimate of drug-likeness (QED) is 0.266. The van der Waals surface area contributed by atoms with E-state index in [9.17, 15) is 17.6 Å². The van der Waals surface area contributed by atoms with E-state index in [2.05, 4.69) is 19.7 Å². The molecule has 4 nitrogen and oxygen atoms in total. The Bertz CT molecular complexity index is 969. The van der Waals surface area contributed by atoms with Crippen LogP contribution in [0.1, 0.15) is 16.7 Å². The Morgan fingerprint density at radius 2 is 1.30 bits per heavy atom. The second kappa shape index (κ2) is 10.2. The van der Waals surface area contributed by atoms with E-state index in [-0.39, 0.29) is 17.1 Å². The standard InChI is InChI=1S/C22H16F4N2O2/c23-21(24)29-18-12-11-17(19(13-18)30-22(25)26)14-27-28-20(15-7-3-1-4-8-15)16-9-5-2-6-10-16/h1-14,21-22H/b27-14+. The Kier molecular flexibility index (Phi) is 7.15. The largest absolute Gasteiger partial charge is 0.435 e. The van der Waals surface area contributed by atoms with Crippen LogP contribution < -0.4 is 9.47 Å². The van der Waals surface area contributed by atoms with Gasteiger partial charge in [-0.1, -0.05) is 60.7 Å². The molecule has 0 aromatic heterocycles. The highest BCUT2D eigenvalue weighted by Crippen LogP contribution is 2.26. The first-order valence-corrected chi connectivity index (χ1v) is 8.78. The maximum absolute atomic E-state index is 12.7. The first kappa shape index (κ1) is 21.0. The zero-order chi connectivity index (χ0) is 21.3. The molecule has 154 valence electrons. The normalized spacial score (nSPS) is 11.1. The van der Waals surface area contributed by atoms with Crippen LogP contribution in [0.15, 0.2) is 89.1 Å². The maximum Gasteiger partial charge on any atom is 0.387 e. The van der Waals surface area contributed by atoms with Gasteiger partial charge in [0, 0.05) is 22.8 Å². The number of nitrogens with zero attached hydrogens (tertiary/aromatic N) is 2. The third kappa shape index (κ3) is 5.91. The third-order valence-corrected chi connectivity index (χ3v) is 3.88. The van der Waals surface area contributed by atoms with E-state index < -0.39 is 13.2 Å². The molecule has 0 saturated carbocycles. The first-order valence-electron chi connectivity index (χ1n) is 8.78. The van der Waals surface area contributed by atoms with Crippen LogP contribution in [0.3, 0.4) is 0 Å². The van der Waals surface area contributed by atoms with Crippen molar-refractivity contribution >= 4 is 11.9 Å². The van der Waals surface area contributed by atoms with Crippen molar-refractivity contribution in [1.82, 2.24) is 0 Å². The van der Waals surface area contributed by atoms with Crippen LogP contribution in [-0.2, 0) is 0 Å². The summed E-state index contributed by atoms with van der Waals surface area (Å²) in [4.78, 5) is 0. The van der Waals surface area contributed by atoms with Crippen molar-refractivity contribution in [3.05, 3.63) is 95.6 Å². The zero-order valence-corrected chi connectivity index (χ0v) is 15.5. The van der Waals surface area contributed by atoms with Gasteiger partial charge in [0.05, 0.1) is 6.21 Å². The molecule has 0 atom stereocenters. The second-order valence-corrected chi connectivity index (χ2v) is 5.88. The summed E-state index contributed by atoms with van der Waals surface area (Å²) in [5.74, 6) is -0.668. The number of hydrogen-bond acceptors (Lipinski definition) is 4. The summed E-state index contributed by atoms with van der Waals surface area (Å²) in [6.07, 6.45) is 1.20.